The number of nitrogens with zero attached hydrogens (tertiary/aromatic N) is 5. The Bertz CT molecular complexity index is 1130. The molecular formula is C21H23N5O2. The van der Waals surface area contributed by atoms with Crippen LogP contribution in [0.5, 0.6) is 0 Å². The monoisotopic (exact) mass is 377 g/mol. The van der Waals surface area contributed by atoms with Crippen molar-refractivity contribution in [2.24, 2.45) is 5.92 Å². The molecule has 0 bridgehead atoms. The van der Waals surface area contributed by atoms with E-state index in [1.807, 2.05) is 29.5 Å². The first-order valence-electron chi connectivity index (χ1n) is 9.78. The molecule has 0 aromatic carbocycles. The third kappa shape index (κ3) is 2.77. The summed E-state index contributed by atoms with van der Waals surface area (Å²) in [4.78, 5) is 9.12. The smallest absolute Gasteiger partial charge is 0.184 e. The van der Waals surface area contributed by atoms with Crippen molar-refractivity contribution < 1.29 is 9.84 Å². The van der Waals surface area contributed by atoms with Gasteiger partial charge < -0.3 is 9.84 Å². The van der Waals surface area contributed by atoms with Gasteiger partial charge in [0, 0.05) is 11.8 Å². The summed E-state index contributed by atoms with van der Waals surface area (Å²) in [6, 6.07) is 3.83. The third-order valence-corrected chi connectivity index (χ3v) is 5.80. The summed E-state index contributed by atoms with van der Waals surface area (Å²) < 4.78 is 7.93. The highest BCUT2D eigenvalue weighted by molar-refractivity contribution is 5.78. The van der Waals surface area contributed by atoms with Crippen LogP contribution >= 0.6 is 0 Å². The molecule has 0 spiro atoms. The largest absolute Gasteiger partial charge is 0.491 e. The maximum atomic E-state index is 10.3. The molecular weight excluding hydrogens is 354 g/mol. The first-order chi connectivity index (χ1) is 13.5. The Kier molecular flexibility index (Phi) is 3.94. The summed E-state index contributed by atoms with van der Waals surface area (Å²) in [6.45, 7) is 4.45. The number of aryl methyl sites for hydroxylation is 1. The van der Waals surface area contributed by atoms with Crippen molar-refractivity contribution in [2.45, 2.75) is 45.1 Å². The fraction of sp³-hybridized carbons (Fsp3) is 0.429. The molecule has 2 aliphatic carbocycles. The molecule has 1 N–H and O–H groups in total. The summed E-state index contributed by atoms with van der Waals surface area (Å²) in [5, 5.41) is 19.2. The fourth-order valence-corrected chi connectivity index (χ4v) is 3.89. The van der Waals surface area contributed by atoms with Gasteiger partial charge in [0.15, 0.2) is 17.1 Å². The SMILES string of the molecule is Cc1nc2cccnc2n2c(C3=CC(OCC4(O)CCC4)=CCC3C)nnc12. The number of aliphatic hydroxyl groups is 1. The van der Waals surface area contributed by atoms with E-state index in [9.17, 15) is 5.11 Å². The average molecular weight is 377 g/mol. The van der Waals surface area contributed by atoms with Gasteiger partial charge in [0.2, 0.25) is 0 Å². The van der Waals surface area contributed by atoms with E-state index in [1.54, 1.807) is 6.20 Å². The molecule has 3 aromatic rings. The molecule has 1 saturated carbocycles. The van der Waals surface area contributed by atoms with E-state index in [1.165, 1.54) is 0 Å². The van der Waals surface area contributed by atoms with Crippen LogP contribution in [0.15, 0.2) is 36.2 Å². The molecule has 0 aliphatic heterocycles. The maximum absolute atomic E-state index is 10.3. The van der Waals surface area contributed by atoms with Crippen LogP contribution in [-0.2, 0) is 4.74 Å². The topological polar surface area (TPSA) is 85.4 Å². The number of allylic oxidation sites excluding steroid dienone is 3. The van der Waals surface area contributed by atoms with Crippen LogP contribution in [0.25, 0.3) is 22.4 Å². The molecule has 0 amide bonds. The molecule has 144 valence electrons. The van der Waals surface area contributed by atoms with Gasteiger partial charge in [0.05, 0.1) is 11.3 Å². The summed E-state index contributed by atoms with van der Waals surface area (Å²) in [5.74, 6) is 1.83. The second kappa shape index (κ2) is 6.38. The molecule has 2 aliphatic rings. The molecule has 0 radical (unpaired) electrons. The van der Waals surface area contributed by atoms with Crippen LogP contribution in [-0.4, -0.2) is 41.9 Å². The molecule has 7 nitrogen and oxygen atoms in total. The quantitative estimate of drug-likeness (QED) is 0.751. The van der Waals surface area contributed by atoms with E-state index in [2.05, 4.69) is 33.2 Å². The number of aromatic nitrogens is 5. The number of ether oxygens (including phenoxy) is 1. The minimum atomic E-state index is -0.664. The van der Waals surface area contributed by atoms with Crippen molar-refractivity contribution in [3.63, 3.8) is 0 Å². The predicted octanol–water partition coefficient (Wildman–Crippen LogP) is 3.22. The highest BCUT2D eigenvalue weighted by Crippen LogP contribution is 2.35. The van der Waals surface area contributed by atoms with Gasteiger partial charge in [-0.25, -0.2) is 9.97 Å². The van der Waals surface area contributed by atoms with Gasteiger partial charge >= 0.3 is 0 Å². The zero-order valence-corrected chi connectivity index (χ0v) is 16.1. The van der Waals surface area contributed by atoms with Crippen LogP contribution in [0, 0.1) is 12.8 Å². The fourth-order valence-electron chi connectivity index (χ4n) is 3.89. The van der Waals surface area contributed by atoms with Crippen LogP contribution in [0.1, 0.15) is 44.1 Å². The Labute approximate surface area is 162 Å². The van der Waals surface area contributed by atoms with Gasteiger partial charge in [-0.05, 0) is 62.8 Å². The first kappa shape index (κ1) is 17.3. The molecule has 1 unspecified atom stereocenters. The summed E-state index contributed by atoms with van der Waals surface area (Å²) >= 11 is 0. The van der Waals surface area contributed by atoms with Crippen molar-refractivity contribution in [1.82, 2.24) is 24.6 Å². The molecule has 1 atom stereocenters. The van der Waals surface area contributed by atoms with Crippen molar-refractivity contribution in [2.75, 3.05) is 6.61 Å². The maximum Gasteiger partial charge on any atom is 0.184 e. The van der Waals surface area contributed by atoms with E-state index in [0.29, 0.717) is 6.61 Å². The number of rotatable bonds is 4. The number of hydrogen-bond acceptors (Lipinski definition) is 6. The van der Waals surface area contributed by atoms with Gasteiger partial charge in [-0.1, -0.05) is 6.92 Å². The standard InChI is InChI=1S/C21H23N5O2/c1-13-6-7-15(28-12-21(27)8-4-9-21)11-16(13)19-25-24-18-14(2)23-17-5-3-10-22-20(17)26(18)19/h3,5,7,10-11,13,27H,4,6,8-9,12H2,1-2H3. The molecule has 7 heteroatoms. The normalized spacial score (nSPS) is 21.3. The Balaban J connectivity index is 1.57. The minimum Gasteiger partial charge on any atom is -0.491 e. The van der Waals surface area contributed by atoms with Crippen LogP contribution in [0.3, 0.4) is 0 Å². The molecule has 0 saturated heterocycles. The lowest BCUT2D eigenvalue weighted by molar-refractivity contribution is -0.0806. The van der Waals surface area contributed by atoms with Crippen LogP contribution < -0.4 is 0 Å². The molecule has 28 heavy (non-hydrogen) atoms. The van der Waals surface area contributed by atoms with Gasteiger partial charge in [0.1, 0.15) is 17.9 Å². The molecule has 1 fully saturated rings. The zero-order chi connectivity index (χ0) is 19.3. The highest BCUT2D eigenvalue weighted by atomic mass is 16.5. The van der Waals surface area contributed by atoms with Crippen molar-refractivity contribution in [3.05, 3.63) is 47.8 Å². The zero-order valence-electron chi connectivity index (χ0n) is 16.1. The van der Waals surface area contributed by atoms with Crippen LogP contribution in [0.2, 0.25) is 0 Å². The summed E-state index contributed by atoms with van der Waals surface area (Å²) in [6.07, 6.45) is 9.41. The Morgan fingerprint density at radius 3 is 2.93 bits per heavy atom. The third-order valence-electron chi connectivity index (χ3n) is 5.80. The Morgan fingerprint density at radius 1 is 1.29 bits per heavy atom. The molecule has 5 rings (SSSR count). The van der Waals surface area contributed by atoms with E-state index in [-0.39, 0.29) is 5.92 Å². The van der Waals surface area contributed by atoms with E-state index < -0.39 is 5.60 Å². The van der Waals surface area contributed by atoms with Crippen molar-refractivity contribution in [1.29, 1.82) is 0 Å². The predicted molar refractivity (Wildman–Crippen MR) is 105 cm³/mol. The van der Waals surface area contributed by atoms with Crippen LogP contribution in [0.4, 0.5) is 0 Å². The first-order valence-corrected chi connectivity index (χ1v) is 9.78. The molecule has 3 heterocycles. The summed E-state index contributed by atoms with van der Waals surface area (Å²) in [5.41, 5.74) is 3.50. The van der Waals surface area contributed by atoms with E-state index in [4.69, 9.17) is 4.74 Å². The lowest BCUT2D eigenvalue weighted by atomic mass is 9.81. The van der Waals surface area contributed by atoms with E-state index >= 15 is 0 Å². The number of hydrogen-bond donors (Lipinski definition) is 1. The second-order valence-electron chi connectivity index (χ2n) is 7.94. The lowest BCUT2D eigenvalue weighted by Gasteiger charge is -2.36. The van der Waals surface area contributed by atoms with Crippen molar-refractivity contribution >= 4 is 22.4 Å². The number of fused-ring (bicyclic) bond motifs is 3. The molecule has 3 aromatic heterocycles. The average Bonchev–Trinajstić information content (AvgIpc) is 3.12. The second-order valence-corrected chi connectivity index (χ2v) is 7.94. The minimum absolute atomic E-state index is 0.277. The van der Waals surface area contributed by atoms with Gasteiger partial charge in [-0.2, -0.15) is 0 Å². The number of pyridine rings is 1. The summed E-state index contributed by atoms with van der Waals surface area (Å²) in [7, 11) is 0. The van der Waals surface area contributed by atoms with Gasteiger partial charge in [-0.3, -0.25) is 4.40 Å². The van der Waals surface area contributed by atoms with Gasteiger partial charge in [0.25, 0.3) is 0 Å². The Morgan fingerprint density at radius 2 is 2.14 bits per heavy atom. The van der Waals surface area contributed by atoms with Gasteiger partial charge in [-0.15, -0.1) is 10.2 Å². The Hall–Kier alpha value is -2.80. The lowest BCUT2D eigenvalue weighted by Crippen LogP contribution is -2.41. The highest BCUT2D eigenvalue weighted by Gasteiger charge is 2.35. The van der Waals surface area contributed by atoms with Crippen molar-refractivity contribution in [3.8, 4) is 0 Å². The van der Waals surface area contributed by atoms with E-state index in [0.717, 1.165) is 65.3 Å².